The van der Waals surface area contributed by atoms with Gasteiger partial charge in [0.05, 0.1) is 6.61 Å². The predicted molar refractivity (Wildman–Crippen MR) is 110 cm³/mol. The Morgan fingerprint density at radius 2 is 1.55 bits per heavy atom. The van der Waals surface area contributed by atoms with Crippen molar-refractivity contribution in [3.63, 3.8) is 0 Å². The van der Waals surface area contributed by atoms with Crippen molar-refractivity contribution < 1.29 is 24.2 Å². The fraction of sp³-hybridized carbons (Fsp3) is 0.391. The average Bonchev–Trinajstić information content (AvgIpc) is 2.98. The summed E-state index contributed by atoms with van der Waals surface area (Å²) >= 11 is 0. The first-order chi connectivity index (χ1) is 13.8. The molecule has 2 aromatic rings. The number of hydrogen-bond acceptors (Lipinski definition) is 5. The number of aliphatic hydroxyl groups is 1. The number of hydrogen-bond donors (Lipinski definition) is 1. The molecule has 0 heterocycles. The van der Waals surface area contributed by atoms with Crippen molar-refractivity contribution in [2.45, 2.75) is 32.3 Å². The van der Waals surface area contributed by atoms with Crippen molar-refractivity contribution in [2.24, 2.45) is 0 Å². The minimum absolute atomic E-state index is 0.00405. The second-order valence-electron chi connectivity index (χ2n) is 8.04. The lowest BCUT2D eigenvalue weighted by Crippen LogP contribution is -2.41. The van der Waals surface area contributed by atoms with Gasteiger partial charge in [0.1, 0.15) is 18.8 Å². The van der Waals surface area contributed by atoms with E-state index in [9.17, 15) is 14.7 Å². The van der Waals surface area contributed by atoms with Gasteiger partial charge in [-0.05, 0) is 43.0 Å². The molecule has 0 radical (unpaired) electrons. The van der Waals surface area contributed by atoms with Gasteiger partial charge in [0.15, 0.2) is 0 Å². The van der Waals surface area contributed by atoms with Gasteiger partial charge in [-0.25, -0.2) is 4.79 Å². The lowest BCUT2D eigenvalue weighted by Gasteiger charge is -2.25. The van der Waals surface area contributed by atoms with Gasteiger partial charge in [-0.1, -0.05) is 48.5 Å². The summed E-state index contributed by atoms with van der Waals surface area (Å²) < 4.78 is 10.8. The Balaban J connectivity index is 1.69. The number of fused-ring (bicyclic) bond motifs is 3. The molecule has 1 N–H and O–H groups in total. The van der Waals surface area contributed by atoms with Crippen molar-refractivity contribution in [2.75, 3.05) is 26.3 Å². The number of nitrogens with zero attached hydrogens (tertiary/aromatic N) is 1. The van der Waals surface area contributed by atoms with Gasteiger partial charge in [0, 0.05) is 12.5 Å². The number of aliphatic hydroxyl groups excluding tert-OH is 1. The maximum Gasteiger partial charge on any atom is 0.410 e. The second-order valence-corrected chi connectivity index (χ2v) is 8.04. The lowest BCUT2D eigenvalue weighted by atomic mass is 9.98. The minimum atomic E-state index is -0.650. The highest BCUT2D eigenvalue weighted by molar-refractivity contribution is 5.80. The Labute approximate surface area is 171 Å². The van der Waals surface area contributed by atoms with Crippen LogP contribution in [0.1, 0.15) is 37.8 Å². The van der Waals surface area contributed by atoms with Crippen molar-refractivity contribution in [1.82, 2.24) is 4.90 Å². The molecule has 0 atom stereocenters. The molecule has 0 aromatic heterocycles. The summed E-state index contributed by atoms with van der Waals surface area (Å²) in [5.74, 6) is -0.608. The predicted octanol–water partition coefficient (Wildman–Crippen LogP) is 3.57. The molecule has 0 spiro atoms. The molecule has 0 bridgehead atoms. The highest BCUT2D eigenvalue weighted by atomic mass is 16.6. The molecule has 3 rings (SSSR count). The van der Waals surface area contributed by atoms with E-state index in [1.165, 1.54) is 4.90 Å². The van der Waals surface area contributed by atoms with E-state index >= 15 is 0 Å². The van der Waals surface area contributed by atoms with Crippen LogP contribution < -0.4 is 0 Å². The largest absolute Gasteiger partial charge is 0.459 e. The van der Waals surface area contributed by atoms with E-state index in [1.807, 2.05) is 36.4 Å². The smallest absolute Gasteiger partial charge is 0.410 e. The monoisotopic (exact) mass is 397 g/mol. The zero-order valence-electron chi connectivity index (χ0n) is 17.1. The SMILES string of the molecule is CC(C)(C)OC(=O)CN(CCO)C(=O)OCC1c2ccccc2-c2ccccc21. The molecule has 154 valence electrons. The van der Waals surface area contributed by atoms with Crippen molar-refractivity contribution >= 4 is 12.1 Å². The van der Waals surface area contributed by atoms with Crippen LogP contribution in [0.15, 0.2) is 48.5 Å². The number of rotatable bonds is 6. The Morgan fingerprint density at radius 1 is 1.00 bits per heavy atom. The van der Waals surface area contributed by atoms with Crippen LogP contribution in [0.5, 0.6) is 0 Å². The van der Waals surface area contributed by atoms with E-state index in [-0.39, 0.29) is 32.2 Å². The summed E-state index contributed by atoms with van der Waals surface area (Å²) in [6.07, 6.45) is -0.647. The maximum absolute atomic E-state index is 12.6. The van der Waals surface area contributed by atoms with Crippen LogP contribution >= 0.6 is 0 Å². The van der Waals surface area contributed by atoms with Gasteiger partial charge in [-0.2, -0.15) is 0 Å². The summed E-state index contributed by atoms with van der Waals surface area (Å²) in [6, 6.07) is 16.1. The highest BCUT2D eigenvalue weighted by Gasteiger charge is 2.30. The van der Waals surface area contributed by atoms with Gasteiger partial charge in [-0.15, -0.1) is 0 Å². The quantitative estimate of drug-likeness (QED) is 0.754. The van der Waals surface area contributed by atoms with Crippen molar-refractivity contribution in [1.29, 1.82) is 0 Å². The third-order valence-corrected chi connectivity index (χ3v) is 4.70. The van der Waals surface area contributed by atoms with Crippen LogP contribution in [0.4, 0.5) is 4.79 Å². The van der Waals surface area contributed by atoms with Gasteiger partial charge < -0.3 is 14.6 Å². The number of carbonyl (C=O) groups excluding carboxylic acids is 2. The summed E-state index contributed by atoms with van der Waals surface area (Å²) in [7, 11) is 0. The summed E-state index contributed by atoms with van der Waals surface area (Å²) in [5, 5.41) is 9.27. The normalized spacial score (nSPS) is 12.8. The molecule has 1 amide bonds. The van der Waals surface area contributed by atoms with Crippen molar-refractivity contribution in [3.05, 3.63) is 59.7 Å². The summed E-state index contributed by atoms with van der Waals surface area (Å²) in [6.45, 7) is 4.89. The summed E-state index contributed by atoms with van der Waals surface area (Å²) in [4.78, 5) is 25.9. The molecule has 1 aliphatic carbocycles. The Bertz CT molecular complexity index is 841. The molecule has 2 aromatic carbocycles. The fourth-order valence-corrected chi connectivity index (χ4v) is 3.57. The van der Waals surface area contributed by atoms with Crippen molar-refractivity contribution in [3.8, 4) is 11.1 Å². The zero-order chi connectivity index (χ0) is 21.0. The molecule has 0 saturated heterocycles. The standard InChI is InChI=1S/C23H27NO5/c1-23(2,3)29-21(26)14-24(12-13-25)22(27)28-15-20-18-10-6-4-8-16(18)17-9-5-7-11-19(17)20/h4-11,20,25H,12-15H2,1-3H3. The molecule has 0 saturated carbocycles. The first-order valence-corrected chi connectivity index (χ1v) is 9.73. The molecule has 6 nitrogen and oxygen atoms in total. The first kappa shape index (κ1) is 20.9. The number of carbonyl (C=O) groups is 2. The van der Waals surface area contributed by atoms with Crippen LogP contribution in [-0.2, 0) is 14.3 Å². The molecule has 29 heavy (non-hydrogen) atoms. The zero-order valence-corrected chi connectivity index (χ0v) is 17.1. The number of ether oxygens (including phenoxy) is 2. The molecule has 6 heteroatoms. The van der Waals surface area contributed by atoms with E-state index in [0.29, 0.717) is 0 Å². The van der Waals surface area contributed by atoms with Crippen LogP contribution in [0.2, 0.25) is 0 Å². The van der Waals surface area contributed by atoms with Gasteiger partial charge >= 0.3 is 12.1 Å². The van der Waals surface area contributed by atoms with Crippen LogP contribution in [-0.4, -0.2) is 54.0 Å². The lowest BCUT2D eigenvalue weighted by molar-refractivity contribution is -0.155. The molecule has 0 aliphatic heterocycles. The molecule has 1 aliphatic rings. The van der Waals surface area contributed by atoms with E-state index in [1.54, 1.807) is 20.8 Å². The van der Waals surface area contributed by atoms with Gasteiger partial charge in [0.2, 0.25) is 0 Å². The van der Waals surface area contributed by atoms with E-state index in [2.05, 4.69) is 12.1 Å². The number of benzene rings is 2. The van der Waals surface area contributed by atoms with E-state index < -0.39 is 17.7 Å². The maximum atomic E-state index is 12.6. The Hall–Kier alpha value is -2.86. The molecule has 0 unspecified atom stereocenters. The number of amides is 1. The van der Waals surface area contributed by atoms with Gasteiger partial charge in [0.25, 0.3) is 0 Å². The highest BCUT2D eigenvalue weighted by Crippen LogP contribution is 2.44. The topological polar surface area (TPSA) is 76.1 Å². The van der Waals surface area contributed by atoms with Gasteiger partial charge in [-0.3, -0.25) is 9.69 Å². The Kier molecular flexibility index (Phi) is 6.23. The third-order valence-electron chi connectivity index (χ3n) is 4.70. The number of esters is 1. The average molecular weight is 397 g/mol. The minimum Gasteiger partial charge on any atom is -0.459 e. The fourth-order valence-electron chi connectivity index (χ4n) is 3.57. The van der Waals surface area contributed by atoms with Crippen LogP contribution in [0, 0.1) is 0 Å². The van der Waals surface area contributed by atoms with E-state index in [0.717, 1.165) is 22.3 Å². The van der Waals surface area contributed by atoms with E-state index in [4.69, 9.17) is 9.47 Å². The third kappa shape index (κ3) is 4.95. The Morgan fingerprint density at radius 3 is 2.07 bits per heavy atom. The molecular weight excluding hydrogens is 370 g/mol. The summed E-state index contributed by atoms with van der Waals surface area (Å²) in [5.41, 5.74) is 3.86. The first-order valence-electron chi connectivity index (χ1n) is 9.73. The molecule has 0 fully saturated rings. The van der Waals surface area contributed by atoms with Crippen LogP contribution in [0.25, 0.3) is 11.1 Å². The van der Waals surface area contributed by atoms with Crippen LogP contribution in [0.3, 0.4) is 0 Å². The second kappa shape index (κ2) is 8.66. The molecular formula is C23H27NO5.